The molecule has 0 aliphatic rings. The first-order valence-corrected chi connectivity index (χ1v) is 5.72. The van der Waals surface area contributed by atoms with Gasteiger partial charge in [-0.1, -0.05) is 11.6 Å². The summed E-state index contributed by atoms with van der Waals surface area (Å²) in [5.41, 5.74) is 7.35. The van der Waals surface area contributed by atoms with E-state index in [4.69, 9.17) is 17.3 Å². The van der Waals surface area contributed by atoms with Crippen molar-refractivity contribution < 1.29 is 9.18 Å². The molecule has 0 radical (unpaired) electrons. The van der Waals surface area contributed by atoms with E-state index in [1.54, 1.807) is 25.1 Å². The maximum Gasteiger partial charge on any atom is 0.193 e. The zero-order valence-corrected chi connectivity index (χ0v) is 10.5. The molecule has 0 saturated heterocycles. The van der Waals surface area contributed by atoms with Crippen LogP contribution in [0.3, 0.4) is 0 Å². The molecule has 0 amide bonds. The fourth-order valence-electron chi connectivity index (χ4n) is 1.72. The monoisotopic (exact) mass is 263 g/mol. The van der Waals surface area contributed by atoms with Gasteiger partial charge in [0.2, 0.25) is 0 Å². The average Bonchev–Trinajstić information content (AvgIpc) is 2.30. The van der Waals surface area contributed by atoms with Crippen LogP contribution in [0.25, 0.3) is 0 Å². The zero-order valence-electron chi connectivity index (χ0n) is 9.71. The van der Waals surface area contributed by atoms with Gasteiger partial charge in [-0.25, -0.2) is 4.39 Å². The van der Waals surface area contributed by atoms with Crippen molar-refractivity contribution in [2.45, 2.75) is 6.92 Å². The fourth-order valence-corrected chi connectivity index (χ4v) is 1.84. The Morgan fingerprint density at radius 3 is 2.50 bits per heavy atom. The van der Waals surface area contributed by atoms with Gasteiger partial charge in [-0.2, -0.15) is 0 Å². The molecule has 0 unspecified atom stereocenters. The fraction of sp³-hybridized carbons (Fsp3) is 0.0714. The summed E-state index contributed by atoms with van der Waals surface area (Å²) in [6.45, 7) is 1.73. The molecule has 0 aliphatic heterocycles. The predicted octanol–water partition coefficient (Wildman–Crippen LogP) is 3.60. The van der Waals surface area contributed by atoms with E-state index in [1.165, 1.54) is 18.2 Å². The molecule has 2 rings (SSSR count). The van der Waals surface area contributed by atoms with Gasteiger partial charge >= 0.3 is 0 Å². The number of nitrogen functional groups attached to an aromatic ring is 1. The van der Waals surface area contributed by atoms with Crippen molar-refractivity contribution in [1.82, 2.24) is 0 Å². The highest BCUT2D eigenvalue weighted by atomic mass is 35.5. The van der Waals surface area contributed by atoms with Crippen molar-refractivity contribution in [2.24, 2.45) is 0 Å². The quantitative estimate of drug-likeness (QED) is 0.664. The molecular formula is C14H11ClFNO. The summed E-state index contributed by atoms with van der Waals surface area (Å²) >= 11 is 5.79. The Kier molecular flexibility index (Phi) is 3.34. The summed E-state index contributed by atoms with van der Waals surface area (Å²) in [5.74, 6) is -0.707. The molecule has 92 valence electrons. The molecule has 0 aliphatic carbocycles. The first kappa shape index (κ1) is 12.6. The predicted molar refractivity (Wildman–Crippen MR) is 70.4 cm³/mol. The van der Waals surface area contributed by atoms with Crippen molar-refractivity contribution in [3.05, 3.63) is 63.9 Å². The van der Waals surface area contributed by atoms with Gasteiger partial charge in [0.05, 0.1) is 10.7 Å². The first-order chi connectivity index (χ1) is 8.47. The number of benzene rings is 2. The van der Waals surface area contributed by atoms with Gasteiger partial charge in [0.1, 0.15) is 5.82 Å². The van der Waals surface area contributed by atoms with Crippen LogP contribution < -0.4 is 5.73 Å². The van der Waals surface area contributed by atoms with Crippen LogP contribution in [0.4, 0.5) is 10.1 Å². The molecule has 2 aromatic carbocycles. The largest absolute Gasteiger partial charge is 0.398 e. The smallest absolute Gasteiger partial charge is 0.193 e. The molecule has 0 heterocycles. The van der Waals surface area contributed by atoms with E-state index in [0.717, 1.165) is 0 Å². The van der Waals surface area contributed by atoms with Crippen LogP contribution in [-0.2, 0) is 0 Å². The minimum absolute atomic E-state index is 0.277. The van der Waals surface area contributed by atoms with E-state index >= 15 is 0 Å². The van der Waals surface area contributed by atoms with Gasteiger partial charge in [-0.15, -0.1) is 0 Å². The molecule has 2 N–H and O–H groups in total. The molecule has 0 saturated carbocycles. The van der Waals surface area contributed by atoms with Crippen LogP contribution in [0.15, 0.2) is 36.4 Å². The topological polar surface area (TPSA) is 43.1 Å². The lowest BCUT2D eigenvalue weighted by Crippen LogP contribution is -2.03. The van der Waals surface area contributed by atoms with Crippen LogP contribution in [0.2, 0.25) is 5.02 Å². The van der Waals surface area contributed by atoms with Crippen LogP contribution in [0.1, 0.15) is 21.5 Å². The van der Waals surface area contributed by atoms with Crippen molar-refractivity contribution in [3.63, 3.8) is 0 Å². The number of anilines is 1. The van der Waals surface area contributed by atoms with Crippen LogP contribution >= 0.6 is 11.6 Å². The van der Waals surface area contributed by atoms with Crippen LogP contribution in [-0.4, -0.2) is 5.78 Å². The maximum atomic E-state index is 13.2. The third-order valence-corrected chi connectivity index (χ3v) is 2.91. The number of rotatable bonds is 2. The molecule has 2 nitrogen and oxygen atoms in total. The molecule has 0 atom stereocenters. The second-order valence-electron chi connectivity index (χ2n) is 4.08. The third-order valence-electron chi connectivity index (χ3n) is 2.56. The van der Waals surface area contributed by atoms with Gasteiger partial charge in [0.15, 0.2) is 5.78 Å². The molecule has 0 bridgehead atoms. The SMILES string of the molecule is Cc1cc(F)cc(C(=O)c2ccc(Cl)c(N)c2)c1. The Hall–Kier alpha value is -1.87. The highest BCUT2D eigenvalue weighted by molar-refractivity contribution is 6.33. The first-order valence-electron chi connectivity index (χ1n) is 5.34. The van der Waals surface area contributed by atoms with Gasteiger partial charge in [0.25, 0.3) is 0 Å². The maximum absolute atomic E-state index is 13.2. The van der Waals surface area contributed by atoms with E-state index in [1.807, 2.05) is 0 Å². The summed E-state index contributed by atoms with van der Waals surface area (Å²) in [6, 6.07) is 8.83. The highest BCUT2D eigenvalue weighted by Crippen LogP contribution is 2.22. The van der Waals surface area contributed by atoms with Gasteiger partial charge < -0.3 is 5.73 Å². The molecule has 2 aromatic rings. The van der Waals surface area contributed by atoms with Gasteiger partial charge in [-0.3, -0.25) is 4.79 Å². The number of hydrogen-bond acceptors (Lipinski definition) is 2. The summed E-state index contributed by atoms with van der Waals surface area (Å²) in [7, 11) is 0. The Bertz CT molecular complexity index is 605. The lowest BCUT2D eigenvalue weighted by atomic mass is 10.0. The second-order valence-corrected chi connectivity index (χ2v) is 4.49. The lowest BCUT2D eigenvalue weighted by Gasteiger charge is -2.05. The summed E-state index contributed by atoms with van der Waals surface area (Å²) in [6.07, 6.45) is 0. The minimum atomic E-state index is -0.430. The molecular weight excluding hydrogens is 253 g/mol. The van der Waals surface area contributed by atoms with Crippen LogP contribution in [0, 0.1) is 12.7 Å². The standard InChI is InChI=1S/C14H11ClFNO/c1-8-4-10(6-11(16)5-8)14(18)9-2-3-12(15)13(17)7-9/h2-7H,17H2,1H3. The minimum Gasteiger partial charge on any atom is -0.398 e. The number of hydrogen-bond donors (Lipinski definition) is 1. The van der Waals surface area contributed by atoms with Crippen molar-refractivity contribution in [1.29, 1.82) is 0 Å². The van der Waals surface area contributed by atoms with Gasteiger partial charge in [-0.05, 0) is 48.9 Å². The summed E-state index contributed by atoms with van der Waals surface area (Å²) in [5, 5.41) is 0.391. The number of carbonyl (C=O) groups is 1. The molecule has 0 aromatic heterocycles. The number of ketones is 1. The normalized spacial score (nSPS) is 10.4. The number of nitrogens with two attached hydrogens (primary N) is 1. The third kappa shape index (κ3) is 2.51. The van der Waals surface area contributed by atoms with Crippen molar-refractivity contribution >= 4 is 23.1 Å². The van der Waals surface area contributed by atoms with Gasteiger partial charge in [0, 0.05) is 11.1 Å². The number of carbonyl (C=O) groups excluding carboxylic acids is 1. The Morgan fingerprint density at radius 1 is 1.17 bits per heavy atom. The zero-order chi connectivity index (χ0) is 13.3. The van der Waals surface area contributed by atoms with Crippen LogP contribution in [0.5, 0.6) is 0 Å². The molecule has 0 spiro atoms. The lowest BCUT2D eigenvalue weighted by molar-refractivity contribution is 0.103. The number of halogens is 2. The summed E-state index contributed by atoms with van der Waals surface area (Å²) < 4.78 is 13.2. The van der Waals surface area contributed by atoms with E-state index in [2.05, 4.69) is 0 Å². The van der Waals surface area contributed by atoms with Crippen molar-refractivity contribution in [3.8, 4) is 0 Å². The highest BCUT2D eigenvalue weighted by Gasteiger charge is 2.12. The molecule has 0 fully saturated rings. The Labute approximate surface area is 109 Å². The van der Waals surface area contributed by atoms with E-state index in [-0.39, 0.29) is 5.78 Å². The number of aryl methyl sites for hydroxylation is 1. The van der Waals surface area contributed by atoms with E-state index in [9.17, 15) is 9.18 Å². The molecule has 4 heteroatoms. The van der Waals surface area contributed by atoms with E-state index < -0.39 is 5.82 Å². The Balaban J connectivity index is 2.44. The summed E-state index contributed by atoms with van der Waals surface area (Å²) in [4.78, 5) is 12.1. The van der Waals surface area contributed by atoms with Crippen molar-refractivity contribution in [2.75, 3.05) is 5.73 Å². The second kappa shape index (κ2) is 4.78. The van der Waals surface area contributed by atoms with E-state index in [0.29, 0.717) is 27.4 Å². The Morgan fingerprint density at radius 2 is 1.89 bits per heavy atom. The molecule has 18 heavy (non-hydrogen) atoms. The average molecular weight is 264 g/mol.